The van der Waals surface area contributed by atoms with E-state index in [4.69, 9.17) is 5.26 Å². The second-order valence-corrected chi connectivity index (χ2v) is 1.47. The molecule has 0 N–H and O–H groups in total. The predicted octanol–water partition coefficient (Wildman–Crippen LogP) is 0.843. The Balaban J connectivity index is 2.76. The van der Waals surface area contributed by atoms with Gasteiger partial charge < -0.3 is 9.26 Å². The normalized spacial score (nSPS) is 8.44. The minimum atomic E-state index is 0.204. The van der Waals surface area contributed by atoms with E-state index in [0.717, 1.165) is 0 Å². The molecule has 1 rings (SSSR count). The molecule has 0 aliphatic heterocycles. The Morgan fingerprint density at radius 1 is 1.89 bits per heavy atom. The molecule has 0 aromatic carbocycles. The number of nitrogens with zero attached hydrogens (tertiary/aromatic N) is 2. The van der Waals surface area contributed by atoms with Gasteiger partial charge in [0.1, 0.15) is 5.76 Å². The third kappa shape index (κ3) is 1.19. The first-order valence-corrected chi connectivity index (χ1v) is 2.32. The van der Waals surface area contributed by atoms with Crippen molar-refractivity contribution in [3.8, 4) is 12.1 Å². The highest BCUT2D eigenvalue weighted by Crippen LogP contribution is 2.08. The second-order valence-electron chi connectivity index (χ2n) is 1.47. The lowest BCUT2D eigenvalue weighted by Crippen LogP contribution is -1.78. The molecule has 0 bridgehead atoms. The van der Waals surface area contributed by atoms with E-state index in [0.29, 0.717) is 5.76 Å². The molecule has 0 aliphatic carbocycles. The van der Waals surface area contributed by atoms with Gasteiger partial charge in [0.15, 0.2) is 0 Å². The van der Waals surface area contributed by atoms with Gasteiger partial charge in [0.05, 0.1) is 0 Å². The van der Waals surface area contributed by atoms with Crippen molar-refractivity contribution >= 4 is 0 Å². The van der Waals surface area contributed by atoms with Gasteiger partial charge in [-0.2, -0.15) is 0 Å². The molecule has 4 nitrogen and oxygen atoms in total. The van der Waals surface area contributed by atoms with E-state index in [1.165, 1.54) is 12.3 Å². The number of aromatic nitrogens is 1. The molecule has 0 spiro atoms. The average Bonchev–Trinajstić information content (AvgIpc) is 2.17. The average molecular weight is 124 g/mol. The Hall–Kier alpha value is -1.50. The molecular weight excluding hydrogens is 120 g/mol. The van der Waals surface area contributed by atoms with Crippen LogP contribution in [0.4, 0.5) is 0 Å². The van der Waals surface area contributed by atoms with E-state index in [9.17, 15) is 0 Å². The van der Waals surface area contributed by atoms with Crippen molar-refractivity contribution in [1.29, 1.82) is 5.26 Å². The van der Waals surface area contributed by atoms with E-state index in [1.807, 2.05) is 0 Å². The Morgan fingerprint density at radius 2 is 2.67 bits per heavy atom. The van der Waals surface area contributed by atoms with Gasteiger partial charge in [-0.25, -0.2) is 0 Å². The molecule has 46 valence electrons. The topological polar surface area (TPSA) is 59.0 Å². The molecule has 0 fully saturated rings. The third-order valence-corrected chi connectivity index (χ3v) is 0.757. The quantitative estimate of drug-likeness (QED) is 0.520. The van der Waals surface area contributed by atoms with E-state index in [1.54, 1.807) is 6.92 Å². The van der Waals surface area contributed by atoms with E-state index >= 15 is 0 Å². The number of aryl methyl sites for hydroxylation is 1. The van der Waals surface area contributed by atoms with Gasteiger partial charge in [-0.05, 0) is 12.1 Å². The van der Waals surface area contributed by atoms with Crippen molar-refractivity contribution in [3.63, 3.8) is 0 Å². The Labute approximate surface area is 51.6 Å². The molecule has 0 atom stereocenters. The molecule has 0 amide bonds. The van der Waals surface area contributed by atoms with Gasteiger partial charge in [-0.3, -0.25) is 0 Å². The van der Waals surface area contributed by atoms with Crippen molar-refractivity contribution in [1.82, 2.24) is 5.16 Å². The zero-order chi connectivity index (χ0) is 6.69. The summed E-state index contributed by atoms with van der Waals surface area (Å²) < 4.78 is 8.92. The van der Waals surface area contributed by atoms with Gasteiger partial charge >= 0.3 is 0 Å². The first kappa shape index (κ1) is 5.63. The van der Waals surface area contributed by atoms with Crippen LogP contribution in [-0.4, -0.2) is 5.16 Å². The van der Waals surface area contributed by atoms with E-state index < -0.39 is 0 Å². The summed E-state index contributed by atoms with van der Waals surface area (Å²) in [6.45, 7) is 1.72. The smallest absolute Gasteiger partial charge is 0.293 e. The summed E-state index contributed by atoms with van der Waals surface area (Å²) in [5, 5.41) is 11.4. The van der Waals surface area contributed by atoms with Crippen LogP contribution in [0.15, 0.2) is 10.6 Å². The maximum Gasteiger partial charge on any atom is 0.293 e. The molecule has 1 heterocycles. The van der Waals surface area contributed by atoms with Gasteiger partial charge in [0, 0.05) is 6.07 Å². The minimum absolute atomic E-state index is 0.204. The minimum Gasteiger partial charge on any atom is -0.364 e. The summed E-state index contributed by atoms with van der Waals surface area (Å²) in [5.41, 5.74) is 0. The van der Waals surface area contributed by atoms with Crippen LogP contribution in [0.1, 0.15) is 5.76 Å². The molecule has 0 saturated carbocycles. The summed E-state index contributed by atoms with van der Waals surface area (Å²) in [6, 6.07) is 1.53. The molecule has 1 aromatic rings. The van der Waals surface area contributed by atoms with Crippen molar-refractivity contribution in [3.05, 3.63) is 11.8 Å². The number of nitriles is 1. The first-order chi connectivity index (χ1) is 4.33. The van der Waals surface area contributed by atoms with Gasteiger partial charge in [-0.15, -0.1) is 5.26 Å². The fourth-order valence-electron chi connectivity index (χ4n) is 0.438. The lowest BCUT2D eigenvalue weighted by Gasteiger charge is -1.77. The highest BCUT2D eigenvalue weighted by Gasteiger charge is 1.97. The van der Waals surface area contributed by atoms with Crippen LogP contribution >= 0.6 is 0 Å². The summed E-state index contributed by atoms with van der Waals surface area (Å²) in [5.74, 6) is 0.829. The van der Waals surface area contributed by atoms with E-state index in [-0.39, 0.29) is 5.88 Å². The number of ether oxygens (including phenoxy) is 1. The fourth-order valence-corrected chi connectivity index (χ4v) is 0.438. The van der Waals surface area contributed by atoms with Crippen molar-refractivity contribution < 1.29 is 9.26 Å². The fraction of sp³-hybridized carbons (Fsp3) is 0.200. The number of hydrogen-bond donors (Lipinski definition) is 0. The molecule has 0 radical (unpaired) electrons. The second kappa shape index (κ2) is 2.18. The highest BCUT2D eigenvalue weighted by atomic mass is 16.5. The monoisotopic (exact) mass is 124 g/mol. The summed E-state index contributed by atoms with van der Waals surface area (Å²) >= 11 is 0. The highest BCUT2D eigenvalue weighted by molar-refractivity contribution is 5.10. The van der Waals surface area contributed by atoms with Crippen LogP contribution in [0.2, 0.25) is 0 Å². The molecule has 0 saturated heterocycles. The largest absolute Gasteiger partial charge is 0.364 e. The van der Waals surface area contributed by atoms with Gasteiger partial charge in [0.2, 0.25) is 0 Å². The zero-order valence-corrected chi connectivity index (χ0v) is 4.79. The molecule has 4 heteroatoms. The van der Waals surface area contributed by atoms with Crippen LogP contribution in [0.3, 0.4) is 0 Å². The van der Waals surface area contributed by atoms with Crippen molar-refractivity contribution in [2.24, 2.45) is 0 Å². The summed E-state index contributed by atoms with van der Waals surface area (Å²) in [6.07, 6.45) is 1.47. The van der Waals surface area contributed by atoms with Gasteiger partial charge in [-0.1, -0.05) is 0 Å². The maximum atomic E-state index is 7.98. The van der Waals surface area contributed by atoms with Crippen LogP contribution in [-0.2, 0) is 0 Å². The van der Waals surface area contributed by atoms with Gasteiger partial charge in [0.25, 0.3) is 12.1 Å². The van der Waals surface area contributed by atoms with E-state index in [2.05, 4.69) is 14.4 Å². The third-order valence-electron chi connectivity index (χ3n) is 0.757. The van der Waals surface area contributed by atoms with Crippen LogP contribution in [0.5, 0.6) is 5.88 Å². The molecular formula is C5H4N2O2. The lowest BCUT2D eigenvalue weighted by atomic mass is 10.5. The number of rotatable bonds is 1. The Kier molecular flexibility index (Phi) is 1.36. The summed E-state index contributed by atoms with van der Waals surface area (Å²) in [7, 11) is 0. The first-order valence-electron chi connectivity index (χ1n) is 2.32. The van der Waals surface area contributed by atoms with Crippen molar-refractivity contribution in [2.45, 2.75) is 6.92 Å². The SMILES string of the molecule is Cc1cc(OC#N)no1. The summed E-state index contributed by atoms with van der Waals surface area (Å²) in [4.78, 5) is 0. The van der Waals surface area contributed by atoms with Crippen LogP contribution in [0, 0.1) is 18.4 Å². The Bertz CT molecular complexity index is 235. The molecule has 1 aromatic heterocycles. The number of hydrogen-bond acceptors (Lipinski definition) is 4. The molecule has 9 heavy (non-hydrogen) atoms. The Morgan fingerprint density at radius 3 is 3.11 bits per heavy atom. The lowest BCUT2D eigenvalue weighted by molar-refractivity contribution is 0.360. The molecule has 0 aliphatic rings. The van der Waals surface area contributed by atoms with Crippen LogP contribution < -0.4 is 4.74 Å². The predicted molar refractivity (Wildman–Crippen MR) is 27.5 cm³/mol. The standard InChI is InChI=1S/C5H4N2O2/c1-4-2-5(7-9-4)8-3-6/h2H,1H3. The van der Waals surface area contributed by atoms with Crippen molar-refractivity contribution in [2.75, 3.05) is 0 Å². The maximum absolute atomic E-state index is 7.98. The zero-order valence-electron chi connectivity index (χ0n) is 4.79. The molecule has 0 unspecified atom stereocenters. The van der Waals surface area contributed by atoms with Crippen LogP contribution in [0.25, 0.3) is 0 Å².